The minimum atomic E-state index is -0.935. The van der Waals surface area contributed by atoms with E-state index in [4.69, 9.17) is 20.8 Å². The standard InChI is InChI=1S/C28H25ClN2O5S/c1-15(2)11-12-35-19-6-4-5-17(13-19)24-23(25(32)21-10-7-16(3)36-21)26(33)27(34)31(24)28-30-20-9-8-18(29)14-22(20)37-28/h4-10,13-15,24,33H,11-12H2,1-3H3. The Balaban J connectivity index is 1.61. The number of nitrogens with zero attached hydrogens (tertiary/aromatic N) is 2. The Kier molecular flexibility index (Phi) is 6.79. The van der Waals surface area contributed by atoms with Crippen molar-refractivity contribution < 1.29 is 23.8 Å². The van der Waals surface area contributed by atoms with Gasteiger partial charge in [0.05, 0.1) is 28.4 Å². The smallest absolute Gasteiger partial charge is 0.296 e. The highest BCUT2D eigenvalue weighted by molar-refractivity contribution is 7.22. The first-order valence-corrected chi connectivity index (χ1v) is 13.1. The van der Waals surface area contributed by atoms with E-state index in [0.29, 0.717) is 45.3 Å². The Bertz CT molecular complexity index is 1540. The summed E-state index contributed by atoms with van der Waals surface area (Å²) in [6.07, 6.45) is 0.884. The molecule has 1 aliphatic rings. The van der Waals surface area contributed by atoms with E-state index in [2.05, 4.69) is 18.8 Å². The number of benzene rings is 2. The Morgan fingerprint density at radius 3 is 2.76 bits per heavy atom. The molecule has 3 heterocycles. The monoisotopic (exact) mass is 536 g/mol. The average molecular weight is 537 g/mol. The summed E-state index contributed by atoms with van der Waals surface area (Å²) in [7, 11) is 0. The second-order valence-corrected chi connectivity index (χ2v) is 10.7. The van der Waals surface area contributed by atoms with Crippen molar-refractivity contribution in [2.75, 3.05) is 11.5 Å². The molecule has 0 aliphatic carbocycles. The summed E-state index contributed by atoms with van der Waals surface area (Å²) in [6.45, 7) is 6.49. The molecule has 5 rings (SSSR count). The topological polar surface area (TPSA) is 92.9 Å². The summed E-state index contributed by atoms with van der Waals surface area (Å²) in [6, 6.07) is 14.7. The summed E-state index contributed by atoms with van der Waals surface area (Å²) in [5.74, 6) is -0.237. The molecule has 2 aromatic carbocycles. The van der Waals surface area contributed by atoms with Crippen LogP contribution in [0, 0.1) is 12.8 Å². The molecule has 1 amide bonds. The van der Waals surface area contributed by atoms with Crippen molar-refractivity contribution in [3.63, 3.8) is 0 Å². The Morgan fingerprint density at radius 1 is 1.22 bits per heavy atom. The first-order chi connectivity index (χ1) is 17.7. The lowest BCUT2D eigenvalue weighted by Crippen LogP contribution is -2.31. The van der Waals surface area contributed by atoms with Crippen LogP contribution < -0.4 is 9.64 Å². The first kappa shape index (κ1) is 25.0. The number of carbonyl (C=O) groups is 2. The van der Waals surface area contributed by atoms with Crippen LogP contribution >= 0.6 is 22.9 Å². The summed E-state index contributed by atoms with van der Waals surface area (Å²) in [4.78, 5) is 33.0. The summed E-state index contributed by atoms with van der Waals surface area (Å²) in [5, 5.41) is 11.9. The van der Waals surface area contributed by atoms with Crippen molar-refractivity contribution in [3.8, 4) is 5.75 Å². The third kappa shape index (κ3) is 4.86. The fraction of sp³-hybridized carbons (Fsp3) is 0.250. The van der Waals surface area contributed by atoms with Gasteiger partial charge < -0.3 is 14.3 Å². The SMILES string of the molecule is Cc1ccc(C(=O)C2=C(O)C(=O)N(c3nc4ccc(Cl)cc4s3)C2c2cccc(OCCC(C)C)c2)o1. The predicted octanol–water partition coefficient (Wildman–Crippen LogP) is 7.06. The van der Waals surface area contributed by atoms with Crippen molar-refractivity contribution in [2.24, 2.45) is 5.92 Å². The van der Waals surface area contributed by atoms with Gasteiger partial charge in [-0.15, -0.1) is 0 Å². The van der Waals surface area contributed by atoms with Crippen LogP contribution in [0.4, 0.5) is 5.13 Å². The zero-order chi connectivity index (χ0) is 26.3. The van der Waals surface area contributed by atoms with Gasteiger partial charge >= 0.3 is 0 Å². The summed E-state index contributed by atoms with van der Waals surface area (Å²) >= 11 is 7.41. The van der Waals surface area contributed by atoms with E-state index >= 15 is 0 Å². The second-order valence-electron chi connectivity index (χ2n) is 9.29. The van der Waals surface area contributed by atoms with E-state index in [1.165, 1.54) is 22.3 Å². The lowest BCUT2D eigenvalue weighted by Gasteiger charge is -2.24. The van der Waals surface area contributed by atoms with Crippen molar-refractivity contribution in [3.05, 3.63) is 88.0 Å². The van der Waals surface area contributed by atoms with Crippen molar-refractivity contribution in [2.45, 2.75) is 33.2 Å². The molecule has 4 aromatic rings. The Morgan fingerprint density at radius 2 is 2.03 bits per heavy atom. The summed E-state index contributed by atoms with van der Waals surface area (Å²) in [5.41, 5.74) is 1.18. The molecule has 37 heavy (non-hydrogen) atoms. The minimum Gasteiger partial charge on any atom is -0.503 e. The largest absolute Gasteiger partial charge is 0.503 e. The molecular formula is C28H25ClN2O5S. The number of hydrogen-bond acceptors (Lipinski definition) is 7. The molecule has 0 spiro atoms. The third-order valence-corrected chi connectivity index (χ3v) is 7.35. The fourth-order valence-corrected chi connectivity index (χ4v) is 5.48. The molecule has 1 atom stereocenters. The number of aromatic nitrogens is 1. The maximum absolute atomic E-state index is 13.6. The van der Waals surface area contributed by atoms with Gasteiger partial charge in [-0.2, -0.15) is 0 Å². The number of aliphatic hydroxyl groups is 1. The lowest BCUT2D eigenvalue weighted by atomic mass is 9.95. The number of ether oxygens (including phenoxy) is 1. The fourth-order valence-electron chi connectivity index (χ4n) is 4.22. The van der Waals surface area contributed by atoms with Gasteiger partial charge in [0.2, 0.25) is 5.78 Å². The zero-order valence-corrected chi connectivity index (χ0v) is 22.1. The van der Waals surface area contributed by atoms with Crippen molar-refractivity contribution in [1.29, 1.82) is 0 Å². The number of aliphatic hydroxyl groups excluding tert-OH is 1. The number of aryl methyl sites for hydroxylation is 1. The van der Waals surface area contributed by atoms with Gasteiger partial charge in [0.25, 0.3) is 5.91 Å². The van der Waals surface area contributed by atoms with E-state index < -0.39 is 23.5 Å². The van der Waals surface area contributed by atoms with E-state index in [1.54, 1.807) is 49.4 Å². The van der Waals surface area contributed by atoms with Crippen LogP contribution in [0.3, 0.4) is 0 Å². The second kappa shape index (κ2) is 10.0. The molecule has 9 heteroatoms. The summed E-state index contributed by atoms with van der Waals surface area (Å²) < 4.78 is 12.3. The molecule has 0 radical (unpaired) electrons. The van der Waals surface area contributed by atoms with E-state index in [0.717, 1.165) is 11.1 Å². The molecule has 1 unspecified atom stereocenters. The first-order valence-electron chi connectivity index (χ1n) is 11.9. The minimum absolute atomic E-state index is 0.0409. The zero-order valence-electron chi connectivity index (χ0n) is 20.5. The number of ketones is 1. The molecule has 7 nitrogen and oxygen atoms in total. The quantitative estimate of drug-likeness (QED) is 0.242. The van der Waals surface area contributed by atoms with Gasteiger partial charge in [0.1, 0.15) is 11.5 Å². The van der Waals surface area contributed by atoms with Crippen LogP contribution in [0.5, 0.6) is 5.75 Å². The average Bonchev–Trinajstić information content (AvgIpc) is 3.54. The lowest BCUT2D eigenvalue weighted by molar-refractivity contribution is -0.117. The van der Waals surface area contributed by atoms with Gasteiger partial charge in [-0.3, -0.25) is 14.5 Å². The van der Waals surface area contributed by atoms with E-state index in [1.807, 2.05) is 6.07 Å². The molecule has 2 aromatic heterocycles. The Labute approximate surface area is 222 Å². The molecule has 0 fully saturated rings. The number of halogens is 1. The number of thiazole rings is 1. The third-order valence-electron chi connectivity index (χ3n) is 6.10. The van der Waals surface area contributed by atoms with Gasteiger partial charge in [-0.1, -0.05) is 48.9 Å². The van der Waals surface area contributed by atoms with E-state index in [9.17, 15) is 14.7 Å². The number of anilines is 1. The van der Waals surface area contributed by atoms with Crippen LogP contribution in [-0.4, -0.2) is 28.4 Å². The number of carbonyl (C=O) groups excluding carboxylic acids is 2. The van der Waals surface area contributed by atoms with Crippen LogP contribution in [-0.2, 0) is 4.79 Å². The molecule has 1 N–H and O–H groups in total. The maximum atomic E-state index is 13.6. The Hall–Kier alpha value is -3.62. The van der Waals surface area contributed by atoms with Crippen LogP contribution in [0.25, 0.3) is 10.2 Å². The molecular weight excluding hydrogens is 512 g/mol. The van der Waals surface area contributed by atoms with Crippen molar-refractivity contribution >= 4 is 50.0 Å². The number of furan rings is 1. The van der Waals surface area contributed by atoms with Crippen LogP contribution in [0.1, 0.15) is 48.2 Å². The van der Waals surface area contributed by atoms with Gasteiger partial charge in [-0.25, -0.2) is 4.98 Å². The van der Waals surface area contributed by atoms with Crippen LogP contribution in [0.2, 0.25) is 5.02 Å². The van der Waals surface area contributed by atoms with Gasteiger partial charge in [0.15, 0.2) is 16.7 Å². The molecule has 1 aliphatic heterocycles. The predicted molar refractivity (Wildman–Crippen MR) is 144 cm³/mol. The van der Waals surface area contributed by atoms with Crippen LogP contribution in [0.15, 0.2) is 70.3 Å². The number of rotatable bonds is 8. The number of hydrogen-bond donors (Lipinski definition) is 1. The molecule has 0 bridgehead atoms. The molecule has 190 valence electrons. The van der Waals surface area contributed by atoms with Crippen molar-refractivity contribution in [1.82, 2.24) is 4.98 Å². The highest BCUT2D eigenvalue weighted by Gasteiger charge is 2.46. The number of fused-ring (bicyclic) bond motifs is 1. The van der Waals surface area contributed by atoms with Gasteiger partial charge in [0, 0.05) is 5.02 Å². The normalized spacial score (nSPS) is 15.9. The molecule has 0 saturated carbocycles. The maximum Gasteiger partial charge on any atom is 0.296 e. The van der Waals surface area contributed by atoms with E-state index in [-0.39, 0.29) is 11.3 Å². The molecule has 0 saturated heterocycles. The van der Waals surface area contributed by atoms with Gasteiger partial charge in [-0.05, 0) is 67.3 Å². The highest BCUT2D eigenvalue weighted by Crippen LogP contribution is 2.45. The number of Topliss-reactive ketones (excluding diaryl/α,β-unsaturated/α-hetero) is 1. The number of amides is 1. The highest BCUT2D eigenvalue weighted by atomic mass is 35.5.